The van der Waals surface area contributed by atoms with E-state index in [4.69, 9.17) is 10.3 Å². The Kier molecular flexibility index (Phi) is 4.72. The molecule has 2 aromatic rings. The maximum atomic E-state index is 5.55. The minimum absolute atomic E-state index is 0.404. The van der Waals surface area contributed by atoms with E-state index in [9.17, 15) is 0 Å². The van der Waals surface area contributed by atoms with E-state index in [1.807, 2.05) is 12.1 Å². The molecule has 0 radical (unpaired) electrons. The summed E-state index contributed by atoms with van der Waals surface area (Å²) in [5.41, 5.74) is 7.23. The minimum Gasteiger partial charge on any atom is -0.334 e. The van der Waals surface area contributed by atoms with Gasteiger partial charge in [0, 0.05) is 18.3 Å². The van der Waals surface area contributed by atoms with Gasteiger partial charge in [-0.2, -0.15) is 16.7 Å². The maximum absolute atomic E-state index is 5.55. The van der Waals surface area contributed by atoms with E-state index in [1.165, 1.54) is 0 Å². The molecule has 0 aliphatic heterocycles. The molecule has 0 spiro atoms. The molecule has 0 saturated carbocycles. The average molecular weight is 264 g/mol. The van der Waals surface area contributed by atoms with E-state index in [1.54, 1.807) is 18.0 Å². The Morgan fingerprint density at radius 3 is 3.11 bits per heavy atom. The molecule has 0 amide bonds. The molecule has 18 heavy (non-hydrogen) atoms. The lowest BCUT2D eigenvalue weighted by atomic mass is 10.2. The van der Waals surface area contributed by atoms with Gasteiger partial charge in [0.15, 0.2) is 5.82 Å². The minimum atomic E-state index is 0.404. The Hall–Kier alpha value is -1.40. The number of hydrogen-bond acceptors (Lipinski definition) is 6. The van der Waals surface area contributed by atoms with Gasteiger partial charge in [-0.05, 0) is 24.3 Å². The van der Waals surface area contributed by atoms with E-state index >= 15 is 0 Å². The molecule has 0 fully saturated rings. The van der Waals surface area contributed by atoms with Crippen molar-refractivity contribution in [2.24, 2.45) is 5.73 Å². The molecule has 0 aliphatic rings. The van der Waals surface area contributed by atoms with Gasteiger partial charge >= 0.3 is 0 Å². The van der Waals surface area contributed by atoms with Crippen LogP contribution in [0.3, 0.4) is 0 Å². The quantitative estimate of drug-likeness (QED) is 0.806. The van der Waals surface area contributed by atoms with Crippen molar-refractivity contribution in [2.45, 2.75) is 25.6 Å². The second-order valence-corrected chi connectivity index (χ2v) is 4.91. The molecule has 96 valence electrons. The molecule has 0 saturated heterocycles. The van der Waals surface area contributed by atoms with Crippen LogP contribution >= 0.6 is 11.8 Å². The third kappa shape index (κ3) is 3.30. The van der Waals surface area contributed by atoms with Gasteiger partial charge in [0.1, 0.15) is 0 Å². The van der Waals surface area contributed by atoms with Gasteiger partial charge in [-0.15, -0.1) is 0 Å². The topological polar surface area (TPSA) is 77.8 Å². The first kappa shape index (κ1) is 13.0. The fraction of sp³-hybridized carbons (Fsp3) is 0.417. The highest BCUT2D eigenvalue weighted by molar-refractivity contribution is 7.98. The molecule has 0 aromatic carbocycles. The average Bonchev–Trinajstić information content (AvgIpc) is 2.88. The highest BCUT2D eigenvalue weighted by Gasteiger charge is 2.09. The standard InChI is InChI=1S/C12H16N4OS/c1-2-5-18-8-11-15-12(17-16-11)9-3-4-14-10(6-9)7-13/h3-4,6H,2,5,7-8,13H2,1H3. The van der Waals surface area contributed by atoms with Crippen LogP contribution in [0.4, 0.5) is 0 Å². The molecule has 0 unspecified atom stereocenters. The molecular formula is C12H16N4OS. The monoisotopic (exact) mass is 264 g/mol. The van der Waals surface area contributed by atoms with Crippen LogP contribution in [0.2, 0.25) is 0 Å². The van der Waals surface area contributed by atoms with Crippen LogP contribution in [0.1, 0.15) is 24.9 Å². The molecular weight excluding hydrogens is 248 g/mol. The summed E-state index contributed by atoms with van der Waals surface area (Å²) >= 11 is 1.81. The number of rotatable bonds is 6. The van der Waals surface area contributed by atoms with Crippen LogP contribution in [0.15, 0.2) is 22.9 Å². The zero-order chi connectivity index (χ0) is 12.8. The normalized spacial score (nSPS) is 10.8. The van der Waals surface area contributed by atoms with Gasteiger partial charge in [0.25, 0.3) is 5.89 Å². The third-order valence-electron chi connectivity index (χ3n) is 2.32. The third-order valence-corrected chi connectivity index (χ3v) is 3.48. The Morgan fingerprint density at radius 1 is 1.44 bits per heavy atom. The lowest BCUT2D eigenvalue weighted by Crippen LogP contribution is -1.99. The summed E-state index contributed by atoms with van der Waals surface area (Å²) < 4.78 is 5.24. The van der Waals surface area contributed by atoms with Crippen molar-refractivity contribution in [2.75, 3.05) is 5.75 Å². The van der Waals surface area contributed by atoms with Gasteiger partial charge in [-0.1, -0.05) is 12.1 Å². The van der Waals surface area contributed by atoms with E-state index in [-0.39, 0.29) is 0 Å². The summed E-state index contributed by atoms with van der Waals surface area (Å²) in [7, 11) is 0. The van der Waals surface area contributed by atoms with Crippen LogP contribution in [-0.2, 0) is 12.3 Å². The number of hydrogen-bond donors (Lipinski definition) is 1. The van der Waals surface area contributed by atoms with Gasteiger partial charge in [0.2, 0.25) is 0 Å². The maximum Gasteiger partial charge on any atom is 0.258 e. The predicted octanol–water partition coefficient (Wildman–Crippen LogP) is 2.23. The Labute approximate surface area is 110 Å². The number of aromatic nitrogens is 3. The van der Waals surface area contributed by atoms with Crippen LogP contribution in [0.5, 0.6) is 0 Å². The van der Waals surface area contributed by atoms with Gasteiger partial charge in [-0.3, -0.25) is 4.98 Å². The zero-order valence-corrected chi connectivity index (χ0v) is 11.1. The number of thioether (sulfide) groups is 1. The summed E-state index contributed by atoms with van der Waals surface area (Å²) in [6, 6.07) is 3.71. The summed E-state index contributed by atoms with van der Waals surface area (Å²) in [6.07, 6.45) is 2.85. The number of pyridine rings is 1. The molecule has 6 heteroatoms. The largest absolute Gasteiger partial charge is 0.334 e. The highest BCUT2D eigenvalue weighted by Crippen LogP contribution is 2.19. The molecule has 2 N–H and O–H groups in total. The Balaban J connectivity index is 2.08. The molecule has 0 aliphatic carbocycles. The summed E-state index contributed by atoms with van der Waals surface area (Å²) in [4.78, 5) is 8.49. The molecule has 5 nitrogen and oxygen atoms in total. The smallest absolute Gasteiger partial charge is 0.258 e. The van der Waals surface area contributed by atoms with E-state index in [2.05, 4.69) is 22.0 Å². The van der Waals surface area contributed by atoms with E-state index in [0.29, 0.717) is 12.4 Å². The van der Waals surface area contributed by atoms with Crippen molar-refractivity contribution in [3.63, 3.8) is 0 Å². The van der Waals surface area contributed by atoms with Gasteiger partial charge < -0.3 is 10.3 Å². The molecule has 2 aromatic heterocycles. The van der Waals surface area contributed by atoms with Crippen molar-refractivity contribution >= 4 is 11.8 Å². The fourth-order valence-electron chi connectivity index (χ4n) is 1.46. The van der Waals surface area contributed by atoms with Crippen molar-refractivity contribution in [1.29, 1.82) is 0 Å². The summed E-state index contributed by atoms with van der Waals surface area (Å²) in [5, 5.41) is 3.96. The first-order chi connectivity index (χ1) is 8.83. The van der Waals surface area contributed by atoms with Crippen molar-refractivity contribution in [3.8, 4) is 11.5 Å². The zero-order valence-electron chi connectivity index (χ0n) is 10.3. The summed E-state index contributed by atoms with van der Waals surface area (Å²) in [6.45, 7) is 2.56. The second-order valence-electron chi connectivity index (χ2n) is 3.81. The second kappa shape index (κ2) is 6.51. The van der Waals surface area contributed by atoms with Crippen molar-refractivity contribution in [3.05, 3.63) is 29.8 Å². The van der Waals surface area contributed by atoms with E-state index in [0.717, 1.165) is 35.0 Å². The number of nitrogens with zero attached hydrogens (tertiary/aromatic N) is 3. The lowest BCUT2D eigenvalue weighted by Gasteiger charge is -1.97. The SMILES string of the molecule is CCCSCc1noc(-c2ccnc(CN)c2)n1. The molecule has 2 heterocycles. The van der Waals surface area contributed by atoms with Crippen LogP contribution in [0, 0.1) is 0 Å². The fourth-order valence-corrected chi connectivity index (χ4v) is 2.19. The van der Waals surface area contributed by atoms with Crippen molar-refractivity contribution < 1.29 is 4.52 Å². The van der Waals surface area contributed by atoms with Crippen LogP contribution < -0.4 is 5.73 Å². The van der Waals surface area contributed by atoms with Crippen LogP contribution in [-0.4, -0.2) is 20.9 Å². The van der Waals surface area contributed by atoms with Crippen molar-refractivity contribution in [1.82, 2.24) is 15.1 Å². The van der Waals surface area contributed by atoms with E-state index < -0.39 is 0 Å². The Morgan fingerprint density at radius 2 is 2.33 bits per heavy atom. The molecule has 0 atom stereocenters. The number of nitrogens with two attached hydrogens (primary N) is 1. The van der Waals surface area contributed by atoms with Gasteiger partial charge in [0.05, 0.1) is 11.4 Å². The predicted molar refractivity (Wildman–Crippen MR) is 71.9 cm³/mol. The lowest BCUT2D eigenvalue weighted by molar-refractivity contribution is 0.425. The highest BCUT2D eigenvalue weighted by atomic mass is 32.2. The first-order valence-corrected chi connectivity index (χ1v) is 7.04. The van der Waals surface area contributed by atoms with Gasteiger partial charge in [-0.25, -0.2) is 0 Å². The molecule has 2 rings (SSSR count). The molecule has 0 bridgehead atoms. The van der Waals surface area contributed by atoms with Crippen LogP contribution in [0.25, 0.3) is 11.5 Å². The first-order valence-electron chi connectivity index (χ1n) is 5.89. The summed E-state index contributed by atoms with van der Waals surface area (Å²) in [5.74, 6) is 3.15. The Bertz CT molecular complexity index is 500.